The minimum atomic E-state index is 0.627. The lowest BCUT2D eigenvalue weighted by Gasteiger charge is -2.01. The number of hydrogen-bond donors (Lipinski definition) is 1. The molecule has 86 valence electrons. The molecule has 0 radical (unpaired) electrons. The maximum atomic E-state index is 5.70. The van der Waals surface area contributed by atoms with Crippen LogP contribution in [0.4, 0.5) is 5.69 Å². The molecule has 17 heavy (non-hydrogen) atoms. The maximum Gasteiger partial charge on any atom is 0.228 e. The summed E-state index contributed by atoms with van der Waals surface area (Å²) < 4.78 is 6.99. The van der Waals surface area contributed by atoms with Gasteiger partial charge in [-0.25, -0.2) is 4.98 Å². The average molecular weight is 229 g/mol. The Morgan fingerprint density at radius 2 is 2.24 bits per heavy atom. The third kappa shape index (κ3) is 1.84. The van der Waals surface area contributed by atoms with E-state index in [0.717, 1.165) is 23.3 Å². The first-order chi connectivity index (χ1) is 8.33. The van der Waals surface area contributed by atoms with Crippen LogP contribution in [0.2, 0.25) is 0 Å². The molecule has 0 bridgehead atoms. The summed E-state index contributed by atoms with van der Waals surface area (Å²) in [6.07, 6.45) is 3.89. The molecule has 0 fully saturated rings. The van der Waals surface area contributed by atoms with Gasteiger partial charge in [-0.3, -0.25) is 0 Å². The molecule has 3 aromatic rings. The molecule has 0 aliphatic rings. The molecule has 0 aliphatic carbocycles. The third-order valence-electron chi connectivity index (χ3n) is 2.62. The molecule has 0 saturated heterocycles. The Morgan fingerprint density at radius 3 is 3.06 bits per heavy atom. The van der Waals surface area contributed by atoms with Crippen molar-refractivity contribution in [2.24, 2.45) is 0 Å². The number of fused-ring (bicyclic) bond motifs is 1. The van der Waals surface area contributed by atoms with E-state index in [0.29, 0.717) is 12.3 Å². The highest BCUT2D eigenvalue weighted by atomic mass is 16.5. The molecular formula is C11H11N5O. The van der Waals surface area contributed by atoms with Crippen LogP contribution in [0, 0.1) is 0 Å². The van der Waals surface area contributed by atoms with Crippen molar-refractivity contribution in [2.75, 3.05) is 5.73 Å². The van der Waals surface area contributed by atoms with Crippen molar-refractivity contribution in [1.82, 2.24) is 19.7 Å². The van der Waals surface area contributed by atoms with E-state index in [2.05, 4.69) is 15.1 Å². The number of aryl methyl sites for hydroxylation is 2. The van der Waals surface area contributed by atoms with Crippen LogP contribution in [-0.2, 0) is 13.0 Å². The number of nitrogen functional groups attached to an aromatic ring is 1. The van der Waals surface area contributed by atoms with Gasteiger partial charge in [-0.05, 0) is 18.2 Å². The molecule has 2 N–H and O–H groups in total. The van der Waals surface area contributed by atoms with E-state index in [1.165, 1.54) is 6.33 Å². The standard InChI is InChI=1S/C11H11N5O/c12-8-1-2-10-9(5-8)14-7-16(10)4-3-11-13-6-15-17-11/h1-2,5-7H,3-4,12H2. The molecule has 0 atom stereocenters. The van der Waals surface area contributed by atoms with Gasteiger partial charge in [-0.15, -0.1) is 0 Å². The fourth-order valence-electron chi connectivity index (χ4n) is 1.78. The number of nitrogens with two attached hydrogens (primary N) is 1. The number of hydrogen-bond acceptors (Lipinski definition) is 5. The van der Waals surface area contributed by atoms with E-state index in [4.69, 9.17) is 10.3 Å². The summed E-state index contributed by atoms with van der Waals surface area (Å²) in [7, 11) is 0. The zero-order valence-corrected chi connectivity index (χ0v) is 9.08. The van der Waals surface area contributed by atoms with Crippen LogP contribution >= 0.6 is 0 Å². The topological polar surface area (TPSA) is 82.8 Å². The Morgan fingerprint density at radius 1 is 1.29 bits per heavy atom. The number of aromatic nitrogens is 4. The van der Waals surface area contributed by atoms with Gasteiger partial charge in [0, 0.05) is 18.7 Å². The quantitative estimate of drug-likeness (QED) is 0.683. The molecule has 3 rings (SSSR count). The number of anilines is 1. The minimum Gasteiger partial charge on any atom is -0.399 e. The van der Waals surface area contributed by atoms with E-state index >= 15 is 0 Å². The van der Waals surface area contributed by atoms with Gasteiger partial charge in [0.25, 0.3) is 0 Å². The molecule has 6 heteroatoms. The predicted molar refractivity (Wildman–Crippen MR) is 62.1 cm³/mol. The number of benzene rings is 1. The average Bonchev–Trinajstić information content (AvgIpc) is 2.94. The molecule has 0 unspecified atom stereocenters. The first-order valence-corrected chi connectivity index (χ1v) is 5.29. The van der Waals surface area contributed by atoms with E-state index in [9.17, 15) is 0 Å². The molecule has 1 aromatic carbocycles. The largest absolute Gasteiger partial charge is 0.399 e. The first kappa shape index (κ1) is 9.83. The zero-order chi connectivity index (χ0) is 11.7. The van der Waals surface area contributed by atoms with Crippen LogP contribution in [-0.4, -0.2) is 19.7 Å². The van der Waals surface area contributed by atoms with E-state index in [1.54, 1.807) is 6.33 Å². The van der Waals surface area contributed by atoms with Gasteiger partial charge in [0.15, 0.2) is 6.33 Å². The highest BCUT2D eigenvalue weighted by molar-refractivity contribution is 5.78. The number of imidazole rings is 1. The summed E-state index contributed by atoms with van der Waals surface area (Å²) in [6.45, 7) is 0.753. The Labute approximate surface area is 97.1 Å². The molecule has 0 aliphatic heterocycles. The lowest BCUT2D eigenvalue weighted by Crippen LogP contribution is -2.00. The number of rotatable bonds is 3. The Balaban J connectivity index is 1.86. The second kappa shape index (κ2) is 3.89. The molecule has 0 spiro atoms. The monoisotopic (exact) mass is 229 g/mol. The second-order valence-corrected chi connectivity index (χ2v) is 3.77. The van der Waals surface area contributed by atoms with Gasteiger partial charge in [-0.1, -0.05) is 5.16 Å². The molecule has 2 aromatic heterocycles. The van der Waals surface area contributed by atoms with Crippen LogP contribution in [0.3, 0.4) is 0 Å². The minimum absolute atomic E-state index is 0.627. The lowest BCUT2D eigenvalue weighted by atomic mass is 10.3. The summed E-state index contributed by atoms with van der Waals surface area (Å²) in [5.41, 5.74) is 8.38. The van der Waals surface area contributed by atoms with Crippen molar-refractivity contribution in [3.05, 3.63) is 36.7 Å². The Bertz CT molecular complexity index is 628. The predicted octanol–water partition coefficient (Wildman–Crippen LogP) is 1.24. The summed E-state index contributed by atoms with van der Waals surface area (Å²) in [5.74, 6) is 0.627. The van der Waals surface area contributed by atoms with Crippen molar-refractivity contribution in [3.63, 3.8) is 0 Å². The molecule has 2 heterocycles. The van der Waals surface area contributed by atoms with Gasteiger partial charge in [0.2, 0.25) is 5.89 Å². The maximum absolute atomic E-state index is 5.70. The lowest BCUT2D eigenvalue weighted by molar-refractivity contribution is 0.371. The fraction of sp³-hybridized carbons (Fsp3) is 0.182. The van der Waals surface area contributed by atoms with Gasteiger partial charge in [-0.2, -0.15) is 4.98 Å². The van der Waals surface area contributed by atoms with E-state index in [-0.39, 0.29) is 0 Å². The Kier molecular flexibility index (Phi) is 2.25. The summed E-state index contributed by atoms with van der Waals surface area (Å²) >= 11 is 0. The van der Waals surface area contributed by atoms with E-state index < -0.39 is 0 Å². The molecule has 0 amide bonds. The fourth-order valence-corrected chi connectivity index (χ4v) is 1.78. The van der Waals surface area contributed by atoms with Gasteiger partial charge >= 0.3 is 0 Å². The van der Waals surface area contributed by atoms with Crippen molar-refractivity contribution in [1.29, 1.82) is 0 Å². The van der Waals surface area contributed by atoms with Crippen molar-refractivity contribution in [2.45, 2.75) is 13.0 Å². The van der Waals surface area contributed by atoms with Gasteiger partial charge in [0.1, 0.15) is 0 Å². The van der Waals surface area contributed by atoms with E-state index in [1.807, 2.05) is 22.8 Å². The molecule has 0 saturated carbocycles. The summed E-state index contributed by atoms with van der Waals surface area (Å²) in [6, 6.07) is 5.69. The van der Waals surface area contributed by atoms with Crippen LogP contribution in [0.15, 0.2) is 35.4 Å². The highest BCUT2D eigenvalue weighted by Crippen LogP contribution is 2.16. The zero-order valence-electron chi connectivity index (χ0n) is 9.08. The van der Waals surface area contributed by atoms with Crippen molar-refractivity contribution >= 4 is 16.7 Å². The summed E-state index contributed by atoms with van der Waals surface area (Å²) in [4.78, 5) is 8.27. The normalized spacial score (nSPS) is 11.1. The number of nitrogens with zero attached hydrogens (tertiary/aromatic N) is 4. The Hall–Kier alpha value is -2.37. The van der Waals surface area contributed by atoms with Crippen molar-refractivity contribution in [3.8, 4) is 0 Å². The summed E-state index contributed by atoms with van der Waals surface area (Å²) in [5, 5.41) is 3.57. The highest BCUT2D eigenvalue weighted by Gasteiger charge is 2.04. The SMILES string of the molecule is Nc1ccc2c(c1)ncn2CCc1ncno1. The molecular weight excluding hydrogens is 218 g/mol. The third-order valence-corrected chi connectivity index (χ3v) is 2.62. The van der Waals surface area contributed by atoms with Gasteiger partial charge in [0.05, 0.1) is 17.4 Å². The second-order valence-electron chi connectivity index (χ2n) is 3.77. The van der Waals surface area contributed by atoms with Crippen molar-refractivity contribution < 1.29 is 4.52 Å². The molecule has 6 nitrogen and oxygen atoms in total. The smallest absolute Gasteiger partial charge is 0.228 e. The van der Waals surface area contributed by atoms with Crippen LogP contribution in [0.5, 0.6) is 0 Å². The van der Waals surface area contributed by atoms with Crippen LogP contribution in [0.1, 0.15) is 5.89 Å². The van der Waals surface area contributed by atoms with Crippen LogP contribution in [0.25, 0.3) is 11.0 Å². The first-order valence-electron chi connectivity index (χ1n) is 5.29. The van der Waals surface area contributed by atoms with Gasteiger partial charge < -0.3 is 14.8 Å². The van der Waals surface area contributed by atoms with Crippen LogP contribution < -0.4 is 5.73 Å².